The summed E-state index contributed by atoms with van der Waals surface area (Å²) < 4.78 is 5.60. The average molecular weight is 238 g/mol. The first-order chi connectivity index (χ1) is 8.77. The van der Waals surface area contributed by atoms with Crippen LogP contribution in [-0.4, -0.2) is 0 Å². The van der Waals surface area contributed by atoms with Gasteiger partial charge in [-0.25, -0.2) is 0 Å². The van der Waals surface area contributed by atoms with Gasteiger partial charge in [0, 0.05) is 5.39 Å². The lowest BCUT2D eigenvalue weighted by atomic mass is 10.0. The number of ether oxygens (including phenoxy) is 1. The number of fused-ring (bicyclic) bond motifs is 1. The highest BCUT2D eigenvalue weighted by molar-refractivity contribution is 5.92. The molecule has 3 rings (SSSR count). The number of rotatable bonds is 3. The summed E-state index contributed by atoms with van der Waals surface area (Å²) in [7, 11) is 0. The van der Waals surface area contributed by atoms with E-state index in [-0.39, 0.29) is 0 Å². The van der Waals surface area contributed by atoms with Gasteiger partial charge in [-0.05, 0) is 17.7 Å². The molecule has 0 aliphatic rings. The normalized spacial score (nSPS) is 10.9. The summed E-state index contributed by atoms with van der Waals surface area (Å²) in [5.74, 6) is 0.487. The Kier molecular flexibility index (Phi) is 2.45. The second-order valence-electron chi connectivity index (χ2n) is 4.11. The van der Waals surface area contributed by atoms with Gasteiger partial charge in [0.2, 0.25) is 10.9 Å². The maximum Gasteiger partial charge on any atom is 0.238 e. The highest BCUT2D eigenvalue weighted by atomic mass is 16.5. The standard InChI is InChI=1S/C15H10O3/c16-14-11-7-4-8-12(13(11)15(14)17)18-9-10-5-2-1-3-6-10/h1-8H,9H2. The summed E-state index contributed by atoms with van der Waals surface area (Å²) in [6, 6.07) is 14.8. The molecule has 0 saturated carbocycles. The first-order valence-electron chi connectivity index (χ1n) is 5.66. The van der Waals surface area contributed by atoms with Crippen molar-refractivity contribution >= 4 is 10.8 Å². The van der Waals surface area contributed by atoms with E-state index in [2.05, 4.69) is 0 Å². The van der Waals surface area contributed by atoms with Crippen LogP contribution in [0.5, 0.6) is 5.75 Å². The summed E-state index contributed by atoms with van der Waals surface area (Å²) in [5.41, 5.74) is 0.150. The zero-order chi connectivity index (χ0) is 12.5. The van der Waals surface area contributed by atoms with Crippen LogP contribution >= 0.6 is 0 Å². The van der Waals surface area contributed by atoms with Crippen LogP contribution in [0, 0.1) is 0 Å². The van der Waals surface area contributed by atoms with E-state index in [0.29, 0.717) is 23.1 Å². The third-order valence-electron chi connectivity index (χ3n) is 2.94. The lowest BCUT2D eigenvalue weighted by Gasteiger charge is -2.09. The molecular formula is C15H10O3. The second kappa shape index (κ2) is 4.11. The summed E-state index contributed by atoms with van der Waals surface area (Å²) >= 11 is 0. The predicted octanol–water partition coefficient (Wildman–Crippen LogP) is 2.01. The maximum atomic E-state index is 11.5. The van der Waals surface area contributed by atoms with Crippen molar-refractivity contribution in [3.05, 3.63) is 74.5 Å². The van der Waals surface area contributed by atoms with Gasteiger partial charge in [-0.1, -0.05) is 36.4 Å². The van der Waals surface area contributed by atoms with Gasteiger partial charge in [0.05, 0.1) is 5.39 Å². The molecule has 0 bridgehead atoms. The Hall–Kier alpha value is -2.42. The van der Waals surface area contributed by atoms with Gasteiger partial charge < -0.3 is 4.74 Å². The number of hydrogen-bond donors (Lipinski definition) is 0. The quantitative estimate of drug-likeness (QED) is 0.655. The Morgan fingerprint density at radius 1 is 0.833 bits per heavy atom. The van der Waals surface area contributed by atoms with E-state index in [9.17, 15) is 9.59 Å². The van der Waals surface area contributed by atoms with Gasteiger partial charge in [0.15, 0.2) is 0 Å². The van der Waals surface area contributed by atoms with E-state index in [4.69, 9.17) is 4.74 Å². The van der Waals surface area contributed by atoms with Crippen LogP contribution < -0.4 is 15.6 Å². The third-order valence-corrected chi connectivity index (χ3v) is 2.94. The summed E-state index contributed by atoms with van der Waals surface area (Å²) in [6.45, 7) is 0.388. The van der Waals surface area contributed by atoms with Crippen LogP contribution in [0.3, 0.4) is 0 Å². The van der Waals surface area contributed by atoms with Crippen molar-refractivity contribution < 1.29 is 4.74 Å². The molecule has 0 saturated heterocycles. The Balaban J connectivity index is 1.90. The molecule has 0 aromatic heterocycles. The molecule has 0 aliphatic heterocycles. The number of hydrogen-bond acceptors (Lipinski definition) is 3. The average Bonchev–Trinajstić information content (AvgIpc) is 2.45. The zero-order valence-electron chi connectivity index (χ0n) is 9.55. The monoisotopic (exact) mass is 238 g/mol. The van der Waals surface area contributed by atoms with Gasteiger partial charge in [-0.3, -0.25) is 9.59 Å². The highest BCUT2D eigenvalue weighted by Crippen LogP contribution is 2.22. The number of benzene rings is 2. The van der Waals surface area contributed by atoms with E-state index in [1.807, 2.05) is 30.3 Å². The van der Waals surface area contributed by atoms with Crippen LogP contribution in [0.15, 0.2) is 58.1 Å². The molecule has 0 heterocycles. The van der Waals surface area contributed by atoms with Crippen molar-refractivity contribution in [3.63, 3.8) is 0 Å². The van der Waals surface area contributed by atoms with Crippen LogP contribution in [0.2, 0.25) is 0 Å². The van der Waals surface area contributed by atoms with E-state index >= 15 is 0 Å². The summed E-state index contributed by atoms with van der Waals surface area (Å²) in [6.07, 6.45) is 0. The van der Waals surface area contributed by atoms with Crippen molar-refractivity contribution in [1.29, 1.82) is 0 Å². The Bertz CT molecular complexity index is 765. The molecule has 3 aromatic carbocycles. The molecule has 0 amide bonds. The van der Waals surface area contributed by atoms with Crippen molar-refractivity contribution in [2.45, 2.75) is 6.61 Å². The predicted molar refractivity (Wildman–Crippen MR) is 69.6 cm³/mol. The minimum atomic E-state index is -0.450. The van der Waals surface area contributed by atoms with Crippen molar-refractivity contribution in [2.75, 3.05) is 0 Å². The fraction of sp³-hybridized carbons (Fsp3) is 0.0667. The molecule has 0 spiro atoms. The Labute approximate surface area is 103 Å². The smallest absolute Gasteiger partial charge is 0.238 e. The molecule has 3 aromatic rings. The van der Waals surface area contributed by atoms with E-state index in [1.54, 1.807) is 18.2 Å². The zero-order valence-corrected chi connectivity index (χ0v) is 9.55. The molecule has 0 fully saturated rings. The molecule has 3 nitrogen and oxygen atoms in total. The van der Waals surface area contributed by atoms with E-state index in [1.165, 1.54) is 0 Å². The molecule has 3 heteroatoms. The Morgan fingerprint density at radius 2 is 1.61 bits per heavy atom. The van der Waals surface area contributed by atoms with Crippen molar-refractivity contribution in [1.82, 2.24) is 0 Å². The van der Waals surface area contributed by atoms with Gasteiger partial charge in [0.1, 0.15) is 12.4 Å². The molecule has 0 N–H and O–H groups in total. The fourth-order valence-corrected chi connectivity index (χ4v) is 1.98. The van der Waals surface area contributed by atoms with Gasteiger partial charge in [-0.15, -0.1) is 0 Å². The van der Waals surface area contributed by atoms with Crippen molar-refractivity contribution in [3.8, 4) is 5.75 Å². The first kappa shape index (κ1) is 10.7. The largest absolute Gasteiger partial charge is 0.488 e. The lowest BCUT2D eigenvalue weighted by molar-refractivity contribution is 0.310. The van der Waals surface area contributed by atoms with Gasteiger partial charge >= 0.3 is 0 Å². The van der Waals surface area contributed by atoms with Crippen LogP contribution in [0.25, 0.3) is 10.8 Å². The lowest BCUT2D eigenvalue weighted by Crippen LogP contribution is -2.30. The molecule has 88 valence electrons. The molecule has 0 atom stereocenters. The minimum absolute atomic E-state index is 0.388. The van der Waals surface area contributed by atoms with Crippen LogP contribution in [0.4, 0.5) is 0 Å². The fourth-order valence-electron chi connectivity index (χ4n) is 1.98. The summed E-state index contributed by atoms with van der Waals surface area (Å²) in [4.78, 5) is 22.7. The van der Waals surface area contributed by atoms with Gasteiger partial charge in [0.25, 0.3) is 0 Å². The van der Waals surface area contributed by atoms with Crippen LogP contribution in [-0.2, 0) is 6.61 Å². The topological polar surface area (TPSA) is 43.4 Å². The van der Waals surface area contributed by atoms with Gasteiger partial charge in [-0.2, -0.15) is 0 Å². The first-order valence-corrected chi connectivity index (χ1v) is 5.66. The maximum absolute atomic E-state index is 11.5. The molecule has 0 radical (unpaired) electrons. The molecule has 0 unspecified atom stereocenters. The Morgan fingerprint density at radius 3 is 2.39 bits per heavy atom. The summed E-state index contributed by atoms with van der Waals surface area (Å²) in [5, 5.41) is 0.879. The third kappa shape index (κ3) is 1.61. The SMILES string of the molecule is O=c1c(=O)c2c(OCc3ccccc3)cccc12. The van der Waals surface area contributed by atoms with E-state index in [0.717, 1.165) is 5.56 Å². The van der Waals surface area contributed by atoms with Crippen LogP contribution in [0.1, 0.15) is 5.56 Å². The minimum Gasteiger partial charge on any atom is -0.488 e. The van der Waals surface area contributed by atoms with E-state index < -0.39 is 10.9 Å². The highest BCUT2D eigenvalue weighted by Gasteiger charge is 2.16. The molecule has 18 heavy (non-hydrogen) atoms. The van der Waals surface area contributed by atoms with Crippen molar-refractivity contribution in [2.24, 2.45) is 0 Å². The molecule has 0 aliphatic carbocycles. The molecular weight excluding hydrogens is 228 g/mol. The second-order valence-corrected chi connectivity index (χ2v) is 4.11.